The predicted octanol–water partition coefficient (Wildman–Crippen LogP) is 1.02. The molecule has 1 aromatic rings. The third-order valence-corrected chi connectivity index (χ3v) is 4.79. The van der Waals surface area contributed by atoms with Gasteiger partial charge in [-0.2, -0.15) is 8.42 Å². The van der Waals surface area contributed by atoms with Crippen LogP contribution in [0.1, 0.15) is 13.3 Å². The Hall–Kier alpha value is -1.58. The molecule has 0 spiro atoms. The number of benzene rings is 1. The van der Waals surface area contributed by atoms with Gasteiger partial charge in [0.05, 0.1) is 10.6 Å². The van der Waals surface area contributed by atoms with Crippen LogP contribution in [0, 0.1) is 0 Å². The molecule has 0 aliphatic carbocycles. The van der Waals surface area contributed by atoms with Crippen molar-refractivity contribution in [3.63, 3.8) is 0 Å². The fourth-order valence-corrected chi connectivity index (χ4v) is 3.52. The smallest absolute Gasteiger partial charge is 0.294 e. The van der Waals surface area contributed by atoms with E-state index in [4.69, 9.17) is 4.55 Å². The molecule has 2 N–H and O–H groups in total. The highest BCUT2D eigenvalue weighted by Crippen LogP contribution is 2.35. The fourth-order valence-electron chi connectivity index (χ4n) is 2.10. The summed E-state index contributed by atoms with van der Waals surface area (Å²) in [6.45, 7) is 1.58. The highest BCUT2D eigenvalue weighted by atomic mass is 32.2. The summed E-state index contributed by atoms with van der Waals surface area (Å²) in [5.74, 6) is -0.597. The van der Waals surface area contributed by atoms with Crippen molar-refractivity contribution in [1.82, 2.24) is 0 Å². The Morgan fingerprint density at radius 3 is 2.67 bits per heavy atom. The average Bonchev–Trinajstić information content (AvgIpc) is 2.68. The van der Waals surface area contributed by atoms with Gasteiger partial charge in [-0.25, -0.2) is 0 Å². The van der Waals surface area contributed by atoms with Gasteiger partial charge in [0.2, 0.25) is 5.91 Å². The second kappa shape index (κ2) is 5.66. The summed E-state index contributed by atoms with van der Waals surface area (Å²) in [7, 11) is -4.43. The molecule has 0 saturated carbocycles. The van der Waals surface area contributed by atoms with Crippen molar-refractivity contribution in [2.24, 2.45) is 0 Å². The van der Waals surface area contributed by atoms with Gasteiger partial charge in [0.25, 0.3) is 10.1 Å². The van der Waals surface area contributed by atoms with Gasteiger partial charge in [-0.1, -0.05) is 11.8 Å². The number of hydrogen-bond acceptors (Lipinski definition) is 6. The molecule has 2 rings (SSSR count). The number of carbonyl (C=O) groups is 2. The maximum Gasteiger partial charge on any atom is 0.294 e. The molecule has 0 aromatic heterocycles. The molecule has 9 heteroatoms. The van der Waals surface area contributed by atoms with Crippen molar-refractivity contribution < 1.29 is 27.7 Å². The van der Waals surface area contributed by atoms with Crippen molar-refractivity contribution in [3.05, 3.63) is 18.2 Å². The third kappa shape index (κ3) is 3.55. The molecule has 1 unspecified atom stereocenters. The van der Waals surface area contributed by atoms with E-state index in [0.717, 1.165) is 30.0 Å². The van der Waals surface area contributed by atoms with Gasteiger partial charge >= 0.3 is 0 Å². The lowest BCUT2D eigenvalue weighted by Crippen LogP contribution is -2.25. The first-order valence-corrected chi connectivity index (χ1v) is 8.28. The Morgan fingerprint density at radius 2 is 2.10 bits per heavy atom. The fraction of sp³-hybridized carbons (Fsp3) is 0.333. The molecule has 1 atom stereocenters. The van der Waals surface area contributed by atoms with Gasteiger partial charge in [-0.15, -0.1) is 0 Å². The lowest BCUT2D eigenvalue weighted by molar-refractivity contribution is -0.117. The molecule has 114 valence electrons. The largest absolute Gasteiger partial charge is 0.506 e. The van der Waals surface area contributed by atoms with E-state index < -0.39 is 15.0 Å². The van der Waals surface area contributed by atoms with Crippen LogP contribution in [0.4, 0.5) is 5.69 Å². The first kappa shape index (κ1) is 15.8. The van der Waals surface area contributed by atoms with Crippen molar-refractivity contribution >= 4 is 38.6 Å². The molecule has 1 aromatic carbocycles. The van der Waals surface area contributed by atoms with Crippen LogP contribution in [-0.2, 0) is 19.7 Å². The van der Waals surface area contributed by atoms with E-state index in [-0.39, 0.29) is 40.7 Å². The Morgan fingerprint density at radius 1 is 1.43 bits per heavy atom. The van der Waals surface area contributed by atoms with E-state index in [0.29, 0.717) is 0 Å². The molecular weight excluding hydrogens is 318 g/mol. The van der Waals surface area contributed by atoms with Crippen LogP contribution in [0.2, 0.25) is 0 Å². The molecule has 0 bridgehead atoms. The predicted molar refractivity (Wildman–Crippen MR) is 77.0 cm³/mol. The van der Waals surface area contributed by atoms with Crippen LogP contribution in [-0.4, -0.2) is 40.9 Å². The molecule has 1 amide bonds. The van der Waals surface area contributed by atoms with E-state index in [2.05, 4.69) is 0 Å². The number of rotatable bonds is 3. The molecular formula is C12H13NO6S2. The number of carbonyl (C=O) groups excluding carboxylic acids is 2. The lowest BCUT2D eigenvalue weighted by Gasteiger charge is -2.18. The molecule has 1 fully saturated rings. The van der Waals surface area contributed by atoms with Gasteiger partial charge in [0.15, 0.2) is 5.12 Å². The quantitative estimate of drug-likeness (QED) is 0.795. The number of anilines is 1. The van der Waals surface area contributed by atoms with Crippen molar-refractivity contribution in [3.8, 4) is 5.75 Å². The average molecular weight is 331 g/mol. The summed E-state index contributed by atoms with van der Waals surface area (Å²) in [5, 5.41) is 9.44. The topological polar surface area (TPSA) is 112 Å². The second-order valence-electron chi connectivity index (χ2n) is 4.57. The summed E-state index contributed by atoms with van der Waals surface area (Å²) in [6.07, 6.45) is 0.125. The minimum Gasteiger partial charge on any atom is -0.506 e. The van der Waals surface area contributed by atoms with Gasteiger partial charge in [0, 0.05) is 25.1 Å². The number of aromatic hydroxyl groups is 1. The summed E-state index contributed by atoms with van der Waals surface area (Å²) in [5.41, 5.74) is 0.00165. The molecule has 1 saturated heterocycles. The number of nitrogens with zero attached hydrogens (tertiary/aromatic N) is 1. The number of amides is 1. The highest BCUT2D eigenvalue weighted by Gasteiger charge is 2.33. The molecule has 1 aliphatic rings. The first-order valence-electron chi connectivity index (χ1n) is 5.96. The Kier molecular flexibility index (Phi) is 4.26. The summed E-state index contributed by atoms with van der Waals surface area (Å²) in [4.78, 5) is 23.8. The number of phenolic OH excluding ortho intramolecular Hbond substituents is 1. The van der Waals surface area contributed by atoms with Crippen LogP contribution >= 0.6 is 11.8 Å². The highest BCUT2D eigenvalue weighted by molar-refractivity contribution is 8.14. The zero-order valence-electron chi connectivity index (χ0n) is 11.0. The lowest BCUT2D eigenvalue weighted by atomic mass is 10.2. The second-order valence-corrected chi connectivity index (χ2v) is 7.46. The zero-order chi connectivity index (χ0) is 15.8. The monoisotopic (exact) mass is 331 g/mol. The van der Waals surface area contributed by atoms with E-state index in [9.17, 15) is 23.1 Å². The van der Waals surface area contributed by atoms with Crippen LogP contribution in [0.3, 0.4) is 0 Å². The van der Waals surface area contributed by atoms with Gasteiger partial charge in [0.1, 0.15) is 5.75 Å². The standard InChI is InChI=1S/C12H13NO6S2/c1-7(14)20-8-4-12(16)13(6-8)10-5-9(21(17,18)19)2-3-11(10)15/h2-3,5,8,15H,4,6H2,1H3,(H,17,18,19). The molecule has 1 heterocycles. The van der Waals surface area contributed by atoms with Gasteiger partial charge in [-0.3, -0.25) is 14.1 Å². The third-order valence-electron chi connectivity index (χ3n) is 2.96. The van der Waals surface area contributed by atoms with Gasteiger partial charge in [-0.05, 0) is 18.2 Å². The van der Waals surface area contributed by atoms with Crippen LogP contribution < -0.4 is 4.90 Å². The Balaban J connectivity index is 2.34. The molecule has 1 aliphatic heterocycles. The normalized spacial score (nSPS) is 19.0. The van der Waals surface area contributed by atoms with E-state index in [1.807, 2.05) is 0 Å². The minimum atomic E-state index is -4.43. The van der Waals surface area contributed by atoms with Crippen LogP contribution in [0.25, 0.3) is 0 Å². The van der Waals surface area contributed by atoms with Crippen molar-refractivity contribution in [2.75, 3.05) is 11.4 Å². The zero-order valence-corrected chi connectivity index (χ0v) is 12.6. The van der Waals surface area contributed by atoms with Crippen LogP contribution in [0.5, 0.6) is 5.75 Å². The summed E-state index contributed by atoms with van der Waals surface area (Å²) >= 11 is 1.03. The molecule has 7 nitrogen and oxygen atoms in total. The Bertz CT molecular complexity index is 700. The summed E-state index contributed by atoms with van der Waals surface area (Å²) < 4.78 is 31.3. The first-order chi connectivity index (χ1) is 9.68. The maximum atomic E-state index is 12.0. The van der Waals surface area contributed by atoms with E-state index in [1.165, 1.54) is 11.8 Å². The van der Waals surface area contributed by atoms with Crippen molar-refractivity contribution in [1.29, 1.82) is 0 Å². The van der Waals surface area contributed by atoms with E-state index >= 15 is 0 Å². The number of thioether (sulfide) groups is 1. The molecule has 21 heavy (non-hydrogen) atoms. The SMILES string of the molecule is CC(=O)SC1CC(=O)N(c2cc(S(=O)(=O)O)ccc2O)C1. The van der Waals surface area contributed by atoms with Crippen LogP contribution in [0.15, 0.2) is 23.1 Å². The van der Waals surface area contributed by atoms with E-state index in [1.54, 1.807) is 0 Å². The Labute approximate surface area is 125 Å². The summed E-state index contributed by atoms with van der Waals surface area (Å²) in [6, 6.07) is 3.16. The maximum absolute atomic E-state index is 12.0. The van der Waals surface area contributed by atoms with Gasteiger partial charge < -0.3 is 10.0 Å². The van der Waals surface area contributed by atoms with Crippen molar-refractivity contribution in [2.45, 2.75) is 23.5 Å². The molecule has 0 radical (unpaired) electrons. The number of hydrogen-bond donors (Lipinski definition) is 2. The minimum absolute atomic E-state index is 0.00165. The number of phenols is 1.